The normalized spacial score (nSPS) is 13.0. The first kappa shape index (κ1) is 37.2. The van der Waals surface area contributed by atoms with Crippen LogP contribution in [-0.2, 0) is 20.9 Å². The third-order valence-electron chi connectivity index (χ3n) is 6.86. The van der Waals surface area contributed by atoms with Crippen molar-refractivity contribution in [3.05, 3.63) is 42.0 Å². The maximum Gasteiger partial charge on any atom is 0.246 e. The van der Waals surface area contributed by atoms with E-state index in [0.29, 0.717) is 50.0 Å². The van der Waals surface area contributed by atoms with Crippen molar-refractivity contribution < 1.29 is 14.3 Å². The molecule has 7 nitrogen and oxygen atoms in total. The monoisotopic (exact) mass is 612 g/mol. The van der Waals surface area contributed by atoms with Gasteiger partial charge in [0.25, 0.3) is 0 Å². The largest absolute Gasteiger partial charge is 0.372 e. The molecule has 0 bridgehead atoms. The molecule has 0 saturated heterocycles. The molecule has 0 aromatic heterocycles. The second-order valence-electron chi connectivity index (χ2n) is 13.2. The molecule has 0 fully saturated rings. The van der Waals surface area contributed by atoms with Crippen LogP contribution in [0.4, 0.5) is 5.69 Å². The number of hydrogen-bond acceptors (Lipinski definition) is 5. The molecular formula is C32H54Cl2N4O3. The van der Waals surface area contributed by atoms with Crippen molar-refractivity contribution in [2.24, 2.45) is 11.3 Å². The topological polar surface area (TPSA) is 82.7 Å². The lowest BCUT2D eigenvalue weighted by atomic mass is 9.80. The predicted molar refractivity (Wildman–Crippen MR) is 174 cm³/mol. The number of ether oxygens (including phenoxy) is 1. The number of nitrogens with one attached hydrogen (secondary N) is 3. The summed E-state index contributed by atoms with van der Waals surface area (Å²) < 4.78 is 6.25. The van der Waals surface area contributed by atoms with E-state index in [4.69, 9.17) is 27.9 Å². The molecule has 2 amide bonds. The zero-order chi connectivity index (χ0) is 31.3. The highest BCUT2D eigenvalue weighted by atomic mass is 35.5. The van der Waals surface area contributed by atoms with E-state index in [0.717, 1.165) is 25.2 Å². The van der Waals surface area contributed by atoms with Gasteiger partial charge in [0.2, 0.25) is 11.8 Å². The third kappa shape index (κ3) is 15.8. The molecule has 1 unspecified atom stereocenters. The van der Waals surface area contributed by atoms with E-state index in [1.807, 2.05) is 13.8 Å². The summed E-state index contributed by atoms with van der Waals surface area (Å²) in [5.41, 5.74) is 1.82. The molecule has 41 heavy (non-hydrogen) atoms. The average Bonchev–Trinajstić information content (AvgIpc) is 2.88. The Bertz CT molecular complexity index is 958. The fourth-order valence-electron chi connectivity index (χ4n) is 4.53. The summed E-state index contributed by atoms with van der Waals surface area (Å²) in [5, 5.41) is 9.53. The van der Waals surface area contributed by atoms with Crippen LogP contribution in [0.5, 0.6) is 0 Å². The summed E-state index contributed by atoms with van der Waals surface area (Å²) in [4.78, 5) is 26.7. The first-order valence-corrected chi connectivity index (χ1v) is 15.6. The molecular weight excluding hydrogens is 559 g/mol. The van der Waals surface area contributed by atoms with Crippen molar-refractivity contribution in [2.45, 2.75) is 85.9 Å². The summed E-state index contributed by atoms with van der Waals surface area (Å²) in [6.45, 7) is 23.5. The van der Waals surface area contributed by atoms with Gasteiger partial charge in [0.15, 0.2) is 0 Å². The van der Waals surface area contributed by atoms with E-state index in [-0.39, 0.29) is 28.7 Å². The van der Waals surface area contributed by atoms with Crippen LogP contribution in [0, 0.1) is 11.3 Å². The van der Waals surface area contributed by atoms with Gasteiger partial charge in [0.05, 0.1) is 12.2 Å². The summed E-state index contributed by atoms with van der Waals surface area (Å²) in [5.74, 6) is 1.24. The Kier molecular flexibility index (Phi) is 15.8. The van der Waals surface area contributed by atoms with Gasteiger partial charge in [-0.05, 0) is 70.1 Å². The molecule has 9 heteroatoms. The minimum absolute atomic E-state index is 0.00124. The van der Waals surface area contributed by atoms with Gasteiger partial charge < -0.3 is 25.6 Å². The van der Waals surface area contributed by atoms with Crippen molar-refractivity contribution in [3.8, 4) is 0 Å². The molecule has 0 aliphatic heterocycles. The van der Waals surface area contributed by atoms with Crippen LogP contribution in [0.1, 0.15) is 73.8 Å². The number of carbonyl (C=O) groups excluding carboxylic acids is 2. The minimum atomic E-state index is -0.519. The third-order valence-corrected chi connectivity index (χ3v) is 7.19. The van der Waals surface area contributed by atoms with Gasteiger partial charge in [-0.1, -0.05) is 39.5 Å². The first-order chi connectivity index (χ1) is 19.0. The summed E-state index contributed by atoms with van der Waals surface area (Å²) in [6, 6.07) is 8.45. The summed E-state index contributed by atoms with van der Waals surface area (Å²) in [6.07, 6.45) is 1.22. The van der Waals surface area contributed by atoms with E-state index >= 15 is 0 Å². The van der Waals surface area contributed by atoms with Crippen LogP contribution >= 0.6 is 23.2 Å². The fraction of sp³-hybridized carbons (Fsp3) is 0.688. The van der Waals surface area contributed by atoms with E-state index < -0.39 is 5.60 Å². The van der Waals surface area contributed by atoms with Crippen molar-refractivity contribution in [1.29, 1.82) is 0 Å². The predicted octanol–water partition coefficient (Wildman–Crippen LogP) is 5.89. The van der Waals surface area contributed by atoms with Gasteiger partial charge in [-0.3, -0.25) is 9.59 Å². The highest BCUT2D eigenvalue weighted by molar-refractivity contribution is 6.18. The number of rotatable bonds is 20. The molecule has 0 saturated carbocycles. The smallest absolute Gasteiger partial charge is 0.246 e. The molecule has 1 atom stereocenters. The standard InChI is InChI=1S/C32H54Cl2N4O3/c1-24(2)29(40)35-20-25(3)18-30(4,5)19-28(39)36-22-32(8,9)41-23-31(6,7)37-21-26-10-12-27(13-11-26)38(16-14-33)17-15-34/h10-13,25,37H,1,14-23H2,2-9H3,(H,35,40)(H,36,39). The highest BCUT2D eigenvalue weighted by Gasteiger charge is 2.28. The van der Waals surface area contributed by atoms with Crippen molar-refractivity contribution in [2.75, 3.05) is 49.4 Å². The number of hydrogen-bond donors (Lipinski definition) is 3. The Labute approximate surface area is 259 Å². The summed E-state index contributed by atoms with van der Waals surface area (Å²) in [7, 11) is 0. The lowest BCUT2D eigenvalue weighted by Gasteiger charge is -2.33. The first-order valence-electron chi connectivity index (χ1n) is 14.5. The van der Waals surface area contributed by atoms with Crippen LogP contribution in [-0.4, -0.2) is 67.5 Å². The molecule has 1 aromatic rings. The van der Waals surface area contributed by atoms with Gasteiger partial charge in [0.1, 0.15) is 0 Å². The highest BCUT2D eigenvalue weighted by Crippen LogP contribution is 2.29. The van der Waals surface area contributed by atoms with Crippen molar-refractivity contribution in [1.82, 2.24) is 16.0 Å². The molecule has 1 aromatic carbocycles. The molecule has 234 valence electrons. The van der Waals surface area contributed by atoms with Crippen LogP contribution < -0.4 is 20.9 Å². The molecule has 3 N–H and O–H groups in total. The Morgan fingerprint density at radius 1 is 1.00 bits per heavy atom. The number of alkyl halides is 2. The Morgan fingerprint density at radius 3 is 2.12 bits per heavy atom. The van der Waals surface area contributed by atoms with Gasteiger partial charge >= 0.3 is 0 Å². The van der Waals surface area contributed by atoms with Gasteiger partial charge in [-0.2, -0.15) is 0 Å². The van der Waals surface area contributed by atoms with Crippen LogP contribution in [0.25, 0.3) is 0 Å². The van der Waals surface area contributed by atoms with Gasteiger partial charge in [-0.15, -0.1) is 23.2 Å². The second kappa shape index (κ2) is 17.3. The van der Waals surface area contributed by atoms with E-state index in [9.17, 15) is 9.59 Å². The zero-order valence-electron chi connectivity index (χ0n) is 26.6. The number of carbonyl (C=O) groups is 2. The lowest BCUT2D eigenvalue weighted by molar-refractivity contribution is -0.125. The van der Waals surface area contributed by atoms with Gasteiger partial charge in [-0.25, -0.2) is 0 Å². The average molecular weight is 614 g/mol. The Morgan fingerprint density at radius 2 is 1.59 bits per heavy atom. The molecule has 0 aliphatic rings. The second-order valence-corrected chi connectivity index (χ2v) is 14.0. The van der Waals surface area contributed by atoms with E-state index in [1.54, 1.807) is 6.92 Å². The van der Waals surface area contributed by atoms with Crippen LogP contribution in [0.2, 0.25) is 0 Å². The van der Waals surface area contributed by atoms with E-state index in [2.05, 4.69) is 86.3 Å². The van der Waals surface area contributed by atoms with Crippen LogP contribution in [0.3, 0.4) is 0 Å². The number of anilines is 1. The lowest BCUT2D eigenvalue weighted by Crippen LogP contribution is -2.48. The van der Waals surface area contributed by atoms with Crippen LogP contribution in [0.15, 0.2) is 36.4 Å². The zero-order valence-corrected chi connectivity index (χ0v) is 28.1. The SMILES string of the molecule is C=C(C)C(=O)NCC(C)CC(C)(C)CC(=O)NCC(C)(C)OCC(C)(C)NCc1ccc(N(CCCl)CCCl)cc1. The van der Waals surface area contributed by atoms with Crippen molar-refractivity contribution in [3.63, 3.8) is 0 Å². The molecule has 0 radical (unpaired) electrons. The Hall–Kier alpha value is -1.80. The summed E-state index contributed by atoms with van der Waals surface area (Å²) >= 11 is 11.9. The number of halogens is 2. The van der Waals surface area contributed by atoms with Crippen molar-refractivity contribution >= 4 is 40.7 Å². The molecule has 0 aliphatic carbocycles. The molecule has 1 rings (SSSR count). The van der Waals surface area contributed by atoms with E-state index in [1.165, 1.54) is 5.56 Å². The quantitative estimate of drug-likeness (QED) is 0.126. The number of benzene rings is 1. The minimum Gasteiger partial charge on any atom is -0.372 e. The number of nitrogens with zero attached hydrogens (tertiary/aromatic N) is 1. The molecule has 0 spiro atoms. The maximum absolute atomic E-state index is 12.8. The molecule has 0 heterocycles. The Balaban J connectivity index is 2.49. The number of amides is 2. The fourth-order valence-corrected chi connectivity index (χ4v) is 4.94. The van der Waals surface area contributed by atoms with Gasteiger partial charge in [0, 0.05) is 67.7 Å². The maximum atomic E-state index is 12.8.